The molecule has 0 aliphatic heterocycles. The van der Waals surface area contributed by atoms with E-state index in [1.54, 1.807) is 36.4 Å². The first-order valence-electron chi connectivity index (χ1n) is 6.65. The predicted molar refractivity (Wildman–Crippen MR) is 81.8 cm³/mol. The molecule has 0 aliphatic carbocycles. The highest BCUT2D eigenvalue weighted by Gasteiger charge is 2.09. The minimum atomic E-state index is -0.184. The zero-order valence-electron chi connectivity index (χ0n) is 12.1. The summed E-state index contributed by atoms with van der Waals surface area (Å²) in [5.74, 6) is 0.191. The average Bonchev–Trinajstić information content (AvgIpc) is 2.46. The first kappa shape index (κ1) is 14.8. The second-order valence-corrected chi connectivity index (χ2v) is 4.76. The van der Waals surface area contributed by atoms with Crippen molar-refractivity contribution in [2.45, 2.75) is 13.8 Å². The first-order valence-corrected chi connectivity index (χ1v) is 6.65. The standard InChI is InChI=1S/C17H17NO3/c1-12-7-9-14(10-8-12)16(20)11-21-17-6-4-3-5-15(17)18-13(2)19/h3-10H,11H2,1-2H3,(H,18,19). The molecule has 4 nitrogen and oxygen atoms in total. The smallest absolute Gasteiger partial charge is 0.221 e. The number of amides is 1. The van der Waals surface area contributed by atoms with Crippen molar-refractivity contribution in [2.24, 2.45) is 0 Å². The van der Waals surface area contributed by atoms with Crippen molar-refractivity contribution in [1.82, 2.24) is 0 Å². The number of para-hydroxylation sites is 2. The first-order chi connectivity index (χ1) is 10.1. The van der Waals surface area contributed by atoms with Gasteiger partial charge in [0.25, 0.3) is 0 Å². The van der Waals surface area contributed by atoms with E-state index in [0.717, 1.165) is 5.56 Å². The van der Waals surface area contributed by atoms with E-state index in [9.17, 15) is 9.59 Å². The SMILES string of the molecule is CC(=O)Nc1ccccc1OCC(=O)c1ccc(C)cc1. The van der Waals surface area contributed by atoms with Gasteiger partial charge in [0.2, 0.25) is 5.91 Å². The Bertz CT molecular complexity index is 647. The maximum absolute atomic E-state index is 12.1. The number of aryl methyl sites for hydroxylation is 1. The molecular weight excluding hydrogens is 266 g/mol. The van der Waals surface area contributed by atoms with E-state index in [1.807, 2.05) is 19.1 Å². The number of anilines is 1. The molecule has 0 saturated carbocycles. The molecule has 0 radical (unpaired) electrons. The van der Waals surface area contributed by atoms with Crippen LogP contribution in [0.15, 0.2) is 48.5 Å². The van der Waals surface area contributed by atoms with Gasteiger partial charge >= 0.3 is 0 Å². The molecule has 0 atom stereocenters. The number of hydrogen-bond donors (Lipinski definition) is 1. The highest BCUT2D eigenvalue weighted by molar-refractivity contribution is 5.97. The number of hydrogen-bond acceptors (Lipinski definition) is 3. The summed E-state index contributed by atoms with van der Waals surface area (Å²) < 4.78 is 5.52. The topological polar surface area (TPSA) is 55.4 Å². The van der Waals surface area contributed by atoms with E-state index < -0.39 is 0 Å². The van der Waals surface area contributed by atoms with E-state index in [0.29, 0.717) is 17.0 Å². The molecule has 21 heavy (non-hydrogen) atoms. The highest BCUT2D eigenvalue weighted by atomic mass is 16.5. The molecular formula is C17H17NO3. The molecule has 0 unspecified atom stereocenters. The van der Waals surface area contributed by atoms with Crippen molar-refractivity contribution in [3.63, 3.8) is 0 Å². The van der Waals surface area contributed by atoms with Crippen LogP contribution < -0.4 is 10.1 Å². The average molecular weight is 283 g/mol. The number of benzene rings is 2. The van der Waals surface area contributed by atoms with Gasteiger partial charge in [0.05, 0.1) is 5.69 Å². The Kier molecular flexibility index (Phi) is 4.72. The van der Waals surface area contributed by atoms with Crippen molar-refractivity contribution in [1.29, 1.82) is 0 Å². The molecule has 2 aromatic carbocycles. The van der Waals surface area contributed by atoms with Gasteiger partial charge in [0.15, 0.2) is 12.4 Å². The zero-order chi connectivity index (χ0) is 15.2. The highest BCUT2D eigenvalue weighted by Crippen LogP contribution is 2.23. The summed E-state index contributed by atoms with van der Waals surface area (Å²) in [6.45, 7) is 3.32. The third-order valence-corrected chi connectivity index (χ3v) is 2.93. The molecule has 0 aliphatic rings. The number of carbonyl (C=O) groups excluding carboxylic acids is 2. The van der Waals surface area contributed by atoms with Gasteiger partial charge < -0.3 is 10.1 Å². The van der Waals surface area contributed by atoms with Crippen LogP contribution in [0.4, 0.5) is 5.69 Å². The van der Waals surface area contributed by atoms with Crippen LogP contribution in [-0.2, 0) is 4.79 Å². The van der Waals surface area contributed by atoms with Crippen LogP contribution in [0.5, 0.6) is 5.75 Å². The van der Waals surface area contributed by atoms with Crippen molar-refractivity contribution in [2.75, 3.05) is 11.9 Å². The molecule has 0 saturated heterocycles. The van der Waals surface area contributed by atoms with Gasteiger partial charge in [-0.3, -0.25) is 9.59 Å². The van der Waals surface area contributed by atoms with Gasteiger partial charge in [-0.1, -0.05) is 42.0 Å². The van der Waals surface area contributed by atoms with Crippen LogP contribution >= 0.6 is 0 Å². The second kappa shape index (κ2) is 6.70. The molecule has 2 rings (SSSR count). The quantitative estimate of drug-likeness (QED) is 0.857. The lowest BCUT2D eigenvalue weighted by molar-refractivity contribution is -0.114. The Hall–Kier alpha value is -2.62. The van der Waals surface area contributed by atoms with E-state index in [2.05, 4.69) is 5.32 Å². The van der Waals surface area contributed by atoms with Crippen LogP contribution in [0.25, 0.3) is 0 Å². The van der Waals surface area contributed by atoms with Crippen LogP contribution in [0.1, 0.15) is 22.8 Å². The summed E-state index contributed by atoms with van der Waals surface area (Å²) in [5, 5.41) is 2.67. The van der Waals surface area contributed by atoms with E-state index in [4.69, 9.17) is 4.74 Å². The van der Waals surface area contributed by atoms with E-state index in [-0.39, 0.29) is 18.3 Å². The van der Waals surface area contributed by atoms with Gasteiger partial charge in [0.1, 0.15) is 5.75 Å². The molecule has 0 aromatic heterocycles. The molecule has 1 N–H and O–H groups in total. The number of ketones is 1. The normalized spacial score (nSPS) is 10.0. The molecule has 0 spiro atoms. The molecule has 2 aromatic rings. The Labute approximate surface area is 123 Å². The maximum Gasteiger partial charge on any atom is 0.221 e. The summed E-state index contributed by atoms with van der Waals surface area (Å²) in [7, 11) is 0. The van der Waals surface area contributed by atoms with Gasteiger partial charge in [-0.05, 0) is 19.1 Å². The number of carbonyl (C=O) groups is 2. The van der Waals surface area contributed by atoms with E-state index >= 15 is 0 Å². The summed E-state index contributed by atoms with van der Waals surface area (Å²) >= 11 is 0. The van der Waals surface area contributed by atoms with Crippen molar-refractivity contribution >= 4 is 17.4 Å². The Balaban J connectivity index is 2.04. The summed E-state index contributed by atoms with van der Waals surface area (Å²) in [5.41, 5.74) is 2.27. The molecule has 0 heterocycles. The number of ether oxygens (including phenoxy) is 1. The van der Waals surface area contributed by atoms with Crippen molar-refractivity contribution < 1.29 is 14.3 Å². The Morgan fingerprint density at radius 1 is 1.05 bits per heavy atom. The van der Waals surface area contributed by atoms with Crippen molar-refractivity contribution in [3.8, 4) is 5.75 Å². The van der Waals surface area contributed by atoms with Crippen LogP contribution in [0, 0.1) is 6.92 Å². The second-order valence-electron chi connectivity index (χ2n) is 4.76. The number of nitrogens with one attached hydrogen (secondary N) is 1. The van der Waals surface area contributed by atoms with Gasteiger partial charge in [-0.2, -0.15) is 0 Å². The molecule has 1 amide bonds. The third kappa shape index (κ3) is 4.18. The fourth-order valence-corrected chi connectivity index (χ4v) is 1.85. The van der Waals surface area contributed by atoms with E-state index in [1.165, 1.54) is 6.92 Å². The van der Waals surface area contributed by atoms with Gasteiger partial charge in [-0.25, -0.2) is 0 Å². The summed E-state index contributed by atoms with van der Waals surface area (Å²) in [4.78, 5) is 23.2. The van der Waals surface area contributed by atoms with Crippen LogP contribution in [-0.4, -0.2) is 18.3 Å². The molecule has 0 fully saturated rings. The molecule has 108 valence electrons. The summed E-state index contributed by atoms with van der Waals surface area (Å²) in [6, 6.07) is 14.4. The zero-order valence-corrected chi connectivity index (χ0v) is 12.1. The lowest BCUT2D eigenvalue weighted by atomic mass is 10.1. The third-order valence-electron chi connectivity index (χ3n) is 2.93. The summed E-state index contributed by atoms with van der Waals surface area (Å²) in [6.07, 6.45) is 0. The van der Waals surface area contributed by atoms with Crippen molar-refractivity contribution in [3.05, 3.63) is 59.7 Å². The minimum absolute atomic E-state index is 0.0698. The number of Topliss-reactive ketones (excluding diaryl/α,β-unsaturated/α-hetero) is 1. The van der Waals surface area contributed by atoms with Gasteiger partial charge in [0, 0.05) is 12.5 Å². The largest absolute Gasteiger partial charge is 0.483 e. The predicted octanol–water partition coefficient (Wildman–Crippen LogP) is 3.22. The fraction of sp³-hybridized carbons (Fsp3) is 0.176. The number of rotatable bonds is 5. The minimum Gasteiger partial charge on any atom is -0.483 e. The fourth-order valence-electron chi connectivity index (χ4n) is 1.85. The Morgan fingerprint density at radius 3 is 2.38 bits per heavy atom. The maximum atomic E-state index is 12.1. The van der Waals surface area contributed by atoms with Crippen LogP contribution in [0.2, 0.25) is 0 Å². The lowest BCUT2D eigenvalue weighted by Gasteiger charge is -2.11. The molecule has 4 heteroatoms. The van der Waals surface area contributed by atoms with Crippen LogP contribution in [0.3, 0.4) is 0 Å². The Morgan fingerprint density at radius 2 is 1.71 bits per heavy atom. The van der Waals surface area contributed by atoms with Gasteiger partial charge in [-0.15, -0.1) is 0 Å². The monoisotopic (exact) mass is 283 g/mol. The lowest BCUT2D eigenvalue weighted by Crippen LogP contribution is -2.13. The molecule has 0 bridgehead atoms.